The second-order valence-corrected chi connectivity index (χ2v) is 5.28. The molecule has 0 saturated carbocycles. The highest BCUT2D eigenvalue weighted by Crippen LogP contribution is 2.38. The molecule has 2 heterocycles. The lowest BCUT2D eigenvalue weighted by Gasteiger charge is -2.39. The van der Waals surface area contributed by atoms with Crippen LogP contribution in [0, 0.1) is 5.92 Å². The quantitative estimate of drug-likeness (QED) is 0.835. The topological polar surface area (TPSA) is 30.5 Å². The lowest BCUT2D eigenvalue weighted by molar-refractivity contribution is -0.222. The van der Waals surface area contributed by atoms with Gasteiger partial charge in [-0.1, -0.05) is 11.6 Å². The number of hydrogen-bond donors (Lipinski definition) is 1. The summed E-state index contributed by atoms with van der Waals surface area (Å²) >= 11 is 5.95. The molecule has 1 saturated heterocycles. The first-order valence-electron chi connectivity index (χ1n) is 5.99. The summed E-state index contributed by atoms with van der Waals surface area (Å²) in [5.41, 5.74) is 1.03. The minimum Gasteiger partial charge on any atom is -0.462 e. The van der Waals surface area contributed by atoms with Crippen molar-refractivity contribution < 1.29 is 9.47 Å². The molecule has 2 atom stereocenters. The summed E-state index contributed by atoms with van der Waals surface area (Å²) in [5.74, 6) is 0.797. The van der Waals surface area contributed by atoms with E-state index in [-0.39, 0.29) is 0 Å². The van der Waals surface area contributed by atoms with Crippen LogP contribution in [0.1, 0.15) is 18.9 Å². The van der Waals surface area contributed by atoms with Crippen LogP contribution in [0.4, 0.5) is 0 Å². The molecule has 0 bridgehead atoms. The molecule has 0 radical (unpaired) electrons. The minimum absolute atomic E-state index is 0.409. The van der Waals surface area contributed by atoms with Crippen molar-refractivity contribution in [2.75, 3.05) is 13.1 Å². The van der Waals surface area contributed by atoms with Gasteiger partial charge in [-0.15, -0.1) is 0 Å². The molecule has 92 valence electrons. The Morgan fingerprint density at radius 1 is 1.47 bits per heavy atom. The van der Waals surface area contributed by atoms with Crippen molar-refractivity contribution in [2.45, 2.75) is 25.7 Å². The number of halogens is 1. The first-order chi connectivity index (χ1) is 8.17. The first-order valence-corrected chi connectivity index (χ1v) is 6.37. The average Bonchev–Trinajstić information content (AvgIpc) is 2.84. The summed E-state index contributed by atoms with van der Waals surface area (Å²) in [6.45, 7) is 4.60. The van der Waals surface area contributed by atoms with Gasteiger partial charge in [-0.25, -0.2) is 0 Å². The van der Waals surface area contributed by atoms with Crippen LogP contribution < -0.4 is 10.1 Å². The predicted octanol–water partition coefficient (Wildman–Crippen LogP) is 2.57. The van der Waals surface area contributed by atoms with Crippen LogP contribution in [0.5, 0.6) is 5.75 Å². The summed E-state index contributed by atoms with van der Waals surface area (Å²) < 4.78 is 11.9. The van der Waals surface area contributed by atoms with Gasteiger partial charge < -0.3 is 14.8 Å². The molecule has 17 heavy (non-hydrogen) atoms. The Balaban J connectivity index is 1.86. The molecule has 3 nitrogen and oxygen atoms in total. The third-order valence-corrected chi connectivity index (χ3v) is 3.89. The van der Waals surface area contributed by atoms with Gasteiger partial charge in [0.15, 0.2) is 0 Å². The van der Waals surface area contributed by atoms with E-state index in [9.17, 15) is 0 Å². The normalized spacial score (nSPS) is 32.0. The molecule has 1 aromatic carbocycles. The third kappa shape index (κ3) is 2.03. The number of rotatable bonds is 1. The maximum absolute atomic E-state index is 6.04. The molecule has 2 aliphatic rings. The maximum Gasteiger partial charge on any atom is 0.212 e. The zero-order valence-electron chi connectivity index (χ0n) is 9.83. The van der Waals surface area contributed by atoms with Gasteiger partial charge in [-0.3, -0.25) is 0 Å². The Labute approximate surface area is 106 Å². The van der Waals surface area contributed by atoms with Crippen molar-refractivity contribution in [3.05, 3.63) is 28.8 Å². The molecular formula is C13H16ClNO2. The average molecular weight is 254 g/mol. The molecule has 3 rings (SSSR count). The van der Waals surface area contributed by atoms with Crippen LogP contribution in [-0.2, 0) is 11.3 Å². The highest BCUT2D eigenvalue weighted by molar-refractivity contribution is 6.30. The Morgan fingerprint density at radius 2 is 2.35 bits per heavy atom. The monoisotopic (exact) mass is 253 g/mol. The lowest BCUT2D eigenvalue weighted by atomic mass is 9.97. The zero-order valence-corrected chi connectivity index (χ0v) is 10.6. The van der Waals surface area contributed by atoms with Crippen molar-refractivity contribution in [3.8, 4) is 5.75 Å². The van der Waals surface area contributed by atoms with Crippen LogP contribution in [-0.4, -0.2) is 18.9 Å². The number of benzene rings is 1. The maximum atomic E-state index is 6.04. The lowest BCUT2D eigenvalue weighted by Crippen LogP contribution is -2.46. The Hall–Kier alpha value is -0.770. The highest BCUT2D eigenvalue weighted by Gasteiger charge is 2.42. The smallest absolute Gasteiger partial charge is 0.212 e. The van der Waals surface area contributed by atoms with E-state index < -0.39 is 5.79 Å². The molecule has 0 aliphatic carbocycles. The van der Waals surface area contributed by atoms with Crippen molar-refractivity contribution in [3.63, 3.8) is 0 Å². The van der Waals surface area contributed by atoms with E-state index >= 15 is 0 Å². The van der Waals surface area contributed by atoms with Gasteiger partial charge in [0.1, 0.15) is 5.75 Å². The molecule has 1 aromatic rings. The fourth-order valence-electron chi connectivity index (χ4n) is 2.53. The van der Waals surface area contributed by atoms with Crippen molar-refractivity contribution in [2.24, 2.45) is 5.92 Å². The fourth-order valence-corrected chi connectivity index (χ4v) is 2.73. The van der Waals surface area contributed by atoms with Gasteiger partial charge in [0, 0.05) is 30.0 Å². The van der Waals surface area contributed by atoms with Crippen LogP contribution in [0.25, 0.3) is 0 Å². The number of nitrogens with one attached hydrogen (secondary N) is 1. The van der Waals surface area contributed by atoms with E-state index in [2.05, 4.69) is 5.32 Å². The van der Waals surface area contributed by atoms with Crippen LogP contribution in [0.3, 0.4) is 0 Å². The van der Waals surface area contributed by atoms with Gasteiger partial charge in [0.2, 0.25) is 5.79 Å². The molecule has 4 heteroatoms. The largest absolute Gasteiger partial charge is 0.462 e. The van der Waals surface area contributed by atoms with Gasteiger partial charge >= 0.3 is 0 Å². The van der Waals surface area contributed by atoms with Crippen LogP contribution >= 0.6 is 11.6 Å². The first kappa shape index (κ1) is 11.3. The molecule has 0 aromatic heterocycles. The fraction of sp³-hybridized carbons (Fsp3) is 0.538. The molecule has 2 unspecified atom stereocenters. The molecular weight excluding hydrogens is 238 g/mol. The SMILES string of the molecule is CC1(C2CCNC2)OCc2cc(Cl)ccc2O1. The summed E-state index contributed by atoms with van der Waals surface area (Å²) in [5, 5.41) is 4.07. The molecule has 2 aliphatic heterocycles. The van der Waals surface area contributed by atoms with Crippen molar-refractivity contribution in [1.82, 2.24) is 5.32 Å². The van der Waals surface area contributed by atoms with Gasteiger partial charge in [0.05, 0.1) is 6.61 Å². The second-order valence-electron chi connectivity index (χ2n) is 4.85. The Bertz CT molecular complexity index is 431. The summed E-state index contributed by atoms with van der Waals surface area (Å²) in [6, 6.07) is 5.70. The van der Waals surface area contributed by atoms with Crippen molar-refractivity contribution in [1.29, 1.82) is 0 Å². The van der Waals surface area contributed by atoms with E-state index in [1.807, 2.05) is 25.1 Å². The molecule has 0 amide bonds. The van der Waals surface area contributed by atoms with E-state index in [4.69, 9.17) is 21.1 Å². The summed E-state index contributed by atoms with van der Waals surface area (Å²) in [7, 11) is 0. The number of fused-ring (bicyclic) bond motifs is 1. The van der Waals surface area contributed by atoms with E-state index in [1.165, 1.54) is 0 Å². The van der Waals surface area contributed by atoms with E-state index in [0.29, 0.717) is 12.5 Å². The number of hydrogen-bond acceptors (Lipinski definition) is 3. The minimum atomic E-state index is -0.510. The standard InChI is InChI=1S/C13H16ClNO2/c1-13(10-4-5-15-7-10)16-8-9-6-11(14)2-3-12(9)17-13/h2-3,6,10,15H,4-5,7-8H2,1H3. The summed E-state index contributed by atoms with van der Waals surface area (Å²) in [6.07, 6.45) is 1.10. The van der Waals surface area contributed by atoms with Crippen LogP contribution in [0.15, 0.2) is 18.2 Å². The highest BCUT2D eigenvalue weighted by atomic mass is 35.5. The van der Waals surface area contributed by atoms with Crippen molar-refractivity contribution >= 4 is 11.6 Å². The third-order valence-electron chi connectivity index (χ3n) is 3.65. The predicted molar refractivity (Wildman–Crippen MR) is 66.3 cm³/mol. The van der Waals surface area contributed by atoms with E-state index in [1.54, 1.807) is 0 Å². The second kappa shape index (κ2) is 4.16. The van der Waals surface area contributed by atoms with Gasteiger partial charge in [0.25, 0.3) is 0 Å². The molecule has 1 N–H and O–H groups in total. The van der Waals surface area contributed by atoms with Gasteiger partial charge in [-0.2, -0.15) is 0 Å². The Morgan fingerprint density at radius 3 is 3.12 bits per heavy atom. The van der Waals surface area contributed by atoms with Gasteiger partial charge in [-0.05, 0) is 31.2 Å². The Kier molecular flexibility index (Phi) is 2.77. The van der Waals surface area contributed by atoms with Crippen LogP contribution in [0.2, 0.25) is 5.02 Å². The molecule has 1 fully saturated rings. The number of ether oxygens (including phenoxy) is 2. The zero-order chi connectivity index (χ0) is 11.9. The molecule has 0 spiro atoms. The summed E-state index contributed by atoms with van der Waals surface area (Å²) in [4.78, 5) is 0. The van der Waals surface area contributed by atoms with E-state index in [0.717, 1.165) is 35.8 Å².